The number of ether oxygens (including phenoxy) is 1. The number of nitrogens with two attached hydrogens (primary N) is 1. The van der Waals surface area contributed by atoms with Crippen LogP contribution in [-0.4, -0.2) is 44.2 Å². The maximum Gasteiger partial charge on any atom is 0.242 e. The zero-order chi connectivity index (χ0) is 13.0. The fourth-order valence-corrected chi connectivity index (χ4v) is 2.51. The number of hydrogen-bond acceptors (Lipinski definition) is 4. The smallest absolute Gasteiger partial charge is 0.242 e. The standard InChI is InChI=1S/C12H21N3O3/c13-8-12(3-6-18-7-4-12)11(17)15-9-2-1-5-14-10(9)16/h9H,1-8,13H2,(H,14,16)(H,15,17). The third-order valence-electron chi connectivity index (χ3n) is 3.91. The Morgan fingerprint density at radius 3 is 2.83 bits per heavy atom. The van der Waals surface area contributed by atoms with Crippen LogP contribution in [0.15, 0.2) is 0 Å². The molecular formula is C12H21N3O3. The van der Waals surface area contributed by atoms with Gasteiger partial charge < -0.3 is 21.1 Å². The Kier molecular flexibility index (Phi) is 4.19. The van der Waals surface area contributed by atoms with Gasteiger partial charge in [-0.1, -0.05) is 0 Å². The van der Waals surface area contributed by atoms with Gasteiger partial charge in [0.15, 0.2) is 0 Å². The quantitative estimate of drug-likeness (QED) is 0.611. The van der Waals surface area contributed by atoms with E-state index in [1.807, 2.05) is 0 Å². The zero-order valence-electron chi connectivity index (χ0n) is 10.5. The average molecular weight is 255 g/mol. The summed E-state index contributed by atoms with van der Waals surface area (Å²) < 4.78 is 5.27. The number of carbonyl (C=O) groups is 2. The summed E-state index contributed by atoms with van der Waals surface area (Å²) in [5.74, 6) is -0.191. The van der Waals surface area contributed by atoms with Crippen LogP contribution in [0.25, 0.3) is 0 Å². The molecule has 1 atom stereocenters. The number of hydrogen-bond donors (Lipinski definition) is 3. The summed E-state index contributed by atoms with van der Waals surface area (Å²) in [6.45, 7) is 2.11. The molecule has 0 spiro atoms. The second-order valence-electron chi connectivity index (χ2n) is 5.06. The number of carbonyl (C=O) groups excluding carboxylic acids is 2. The van der Waals surface area contributed by atoms with Gasteiger partial charge in [-0.2, -0.15) is 0 Å². The molecule has 0 aromatic rings. The number of rotatable bonds is 3. The van der Waals surface area contributed by atoms with Gasteiger partial charge in [0.25, 0.3) is 0 Å². The molecule has 2 aliphatic rings. The Bertz CT molecular complexity index is 327. The van der Waals surface area contributed by atoms with Crippen LogP contribution in [0.5, 0.6) is 0 Å². The van der Waals surface area contributed by atoms with Crippen LogP contribution in [-0.2, 0) is 14.3 Å². The first kappa shape index (κ1) is 13.3. The first-order valence-electron chi connectivity index (χ1n) is 6.54. The molecule has 2 aliphatic heterocycles. The van der Waals surface area contributed by atoms with Gasteiger partial charge in [0.2, 0.25) is 11.8 Å². The van der Waals surface area contributed by atoms with Gasteiger partial charge in [-0.3, -0.25) is 9.59 Å². The predicted octanol–water partition coefficient (Wildman–Crippen LogP) is -0.863. The molecule has 0 aromatic carbocycles. The minimum atomic E-state index is -0.560. The Hall–Kier alpha value is -1.14. The van der Waals surface area contributed by atoms with Crippen LogP contribution in [0.4, 0.5) is 0 Å². The molecule has 2 heterocycles. The normalized spacial score (nSPS) is 27.4. The van der Waals surface area contributed by atoms with Crippen LogP contribution < -0.4 is 16.4 Å². The van der Waals surface area contributed by atoms with E-state index in [-0.39, 0.29) is 11.8 Å². The van der Waals surface area contributed by atoms with Crippen molar-refractivity contribution < 1.29 is 14.3 Å². The highest BCUT2D eigenvalue weighted by Gasteiger charge is 2.40. The molecule has 2 rings (SSSR count). The highest BCUT2D eigenvalue weighted by atomic mass is 16.5. The van der Waals surface area contributed by atoms with Gasteiger partial charge >= 0.3 is 0 Å². The fourth-order valence-electron chi connectivity index (χ4n) is 2.51. The third-order valence-corrected chi connectivity index (χ3v) is 3.91. The summed E-state index contributed by atoms with van der Waals surface area (Å²) in [7, 11) is 0. The first-order valence-corrected chi connectivity index (χ1v) is 6.54. The van der Waals surface area contributed by atoms with E-state index >= 15 is 0 Å². The van der Waals surface area contributed by atoms with E-state index in [9.17, 15) is 9.59 Å². The van der Waals surface area contributed by atoms with Crippen LogP contribution in [0, 0.1) is 5.41 Å². The van der Waals surface area contributed by atoms with E-state index in [4.69, 9.17) is 10.5 Å². The largest absolute Gasteiger partial charge is 0.381 e. The van der Waals surface area contributed by atoms with E-state index in [1.54, 1.807) is 0 Å². The highest BCUT2D eigenvalue weighted by molar-refractivity contribution is 5.90. The summed E-state index contributed by atoms with van der Waals surface area (Å²) in [5.41, 5.74) is 5.20. The van der Waals surface area contributed by atoms with E-state index in [2.05, 4.69) is 10.6 Å². The van der Waals surface area contributed by atoms with Crippen LogP contribution in [0.3, 0.4) is 0 Å². The van der Waals surface area contributed by atoms with Crippen molar-refractivity contribution >= 4 is 11.8 Å². The number of nitrogens with one attached hydrogen (secondary N) is 2. The Balaban J connectivity index is 1.98. The van der Waals surface area contributed by atoms with Crippen molar-refractivity contribution in [2.75, 3.05) is 26.3 Å². The predicted molar refractivity (Wildman–Crippen MR) is 65.7 cm³/mol. The van der Waals surface area contributed by atoms with Crippen molar-refractivity contribution in [3.05, 3.63) is 0 Å². The lowest BCUT2D eigenvalue weighted by Crippen LogP contribution is -2.56. The van der Waals surface area contributed by atoms with Crippen molar-refractivity contribution in [1.82, 2.24) is 10.6 Å². The van der Waals surface area contributed by atoms with Crippen molar-refractivity contribution in [1.29, 1.82) is 0 Å². The Morgan fingerprint density at radius 1 is 1.50 bits per heavy atom. The van der Waals surface area contributed by atoms with E-state index in [0.717, 1.165) is 6.42 Å². The van der Waals surface area contributed by atoms with Gasteiger partial charge in [0, 0.05) is 26.3 Å². The maximum absolute atomic E-state index is 12.3. The average Bonchev–Trinajstić information content (AvgIpc) is 2.42. The van der Waals surface area contributed by atoms with Gasteiger partial charge in [0.1, 0.15) is 6.04 Å². The maximum atomic E-state index is 12.3. The molecule has 2 fully saturated rings. The monoisotopic (exact) mass is 255 g/mol. The van der Waals surface area contributed by atoms with E-state index in [0.29, 0.717) is 45.6 Å². The van der Waals surface area contributed by atoms with Gasteiger partial charge in [0.05, 0.1) is 5.41 Å². The summed E-state index contributed by atoms with van der Waals surface area (Å²) in [6.07, 6.45) is 2.86. The molecular weight excluding hydrogens is 234 g/mol. The lowest BCUT2D eigenvalue weighted by molar-refractivity contribution is -0.139. The molecule has 18 heavy (non-hydrogen) atoms. The van der Waals surface area contributed by atoms with E-state index in [1.165, 1.54) is 0 Å². The Morgan fingerprint density at radius 2 is 2.22 bits per heavy atom. The van der Waals surface area contributed by atoms with Crippen molar-refractivity contribution in [3.63, 3.8) is 0 Å². The second-order valence-corrected chi connectivity index (χ2v) is 5.06. The van der Waals surface area contributed by atoms with Gasteiger partial charge in [-0.15, -0.1) is 0 Å². The number of amides is 2. The second kappa shape index (κ2) is 5.67. The molecule has 2 saturated heterocycles. The molecule has 102 valence electrons. The molecule has 6 nitrogen and oxygen atoms in total. The molecule has 4 N–H and O–H groups in total. The molecule has 1 unspecified atom stereocenters. The molecule has 0 aromatic heterocycles. The summed E-state index contributed by atoms with van der Waals surface area (Å²) in [4.78, 5) is 24.0. The molecule has 0 bridgehead atoms. The molecule has 0 radical (unpaired) electrons. The Labute approximate surface area is 107 Å². The lowest BCUT2D eigenvalue weighted by atomic mass is 9.79. The molecule has 6 heteroatoms. The lowest BCUT2D eigenvalue weighted by Gasteiger charge is -2.36. The van der Waals surface area contributed by atoms with Gasteiger partial charge in [-0.05, 0) is 25.7 Å². The van der Waals surface area contributed by atoms with Crippen LogP contribution in [0.2, 0.25) is 0 Å². The summed E-state index contributed by atoms with van der Waals surface area (Å²) >= 11 is 0. The third kappa shape index (κ3) is 2.64. The van der Waals surface area contributed by atoms with Crippen molar-refractivity contribution in [2.45, 2.75) is 31.7 Å². The SMILES string of the molecule is NCC1(C(=O)NC2CCCNC2=O)CCOCC1. The molecule has 0 aliphatic carbocycles. The molecule has 0 saturated carbocycles. The first-order chi connectivity index (χ1) is 8.68. The molecule has 2 amide bonds. The minimum Gasteiger partial charge on any atom is -0.381 e. The topological polar surface area (TPSA) is 93.5 Å². The summed E-state index contributed by atoms with van der Waals surface area (Å²) in [6, 6.07) is -0.405. The minimum absolute atomic E-state index is 0.0890. The van der Waals surface area contributed by atoms with Crippen LogP contribution >= 0.6 is 0 Å². The van der Waals surface area contributed by atoms with E-state index < -0.39 is 11.5 Å². The fraction of sp³-hybridized carbons (Fsp3) is 0.833. The van der Waals surface area contributed by atoms with Crippen LogP contribution in [0.1, 0.15) is 25.7 Å². The summed E-state index contributed by atoms with van der Waals surface area (Å²) in [5, 5.41) is 5.60. The van der Waals surface area contributed by atoms with Crippen molar-refractivity contribution in [2.24, 2.45) is 11.1 Å². The highest BCUT2D eigenvalue weighted by Crippen LogP contribution is 2.29. The zero-order valence-corrected chi connectivity index (χ0v) is 10.5. The van der Waals surface area contributed by atoms with Crippen molar-refractivity contribution in [3.8, 4) is 0 Å². The van der Waals surface area contributed by atoms with Gasteiger partial charge in [-0.25, -0.2) is 0 Å². The number of piperidine rings is 1.